The van der Waals surface area contributed by atoms with Gasteiger partial charge in [-0.05, 0) is 67.8 Å². The van der Waals surface area contributed by atoms with E-state index in [4.69, 9.17) is 0 Å². The van der Waals surface area contributed by atoms with Crippen LogP contribution in [-0.2, 0) is 10.8 Å². The summed E-state index contributed by atoms with van der Waals surface area (Å²) in [6.45, 7) is 18.2. The van der Waals surface area contributed by atoms with Gasteiger partial charge in [0, 0.05) is 58.8 Å². The second-order valence-corrected chi connectivity index (χ2v) is 13.5. The lowest BCUT2D eigenvalue weighted by molar-refractivity contribution is -0.497. The van der Waals surface area contributed by atoms with Crippen LogP contribution in [0.15, 0.2) is 95.4 Å². The molecule has 3 aliphatic rings. The minimum absolute atomic E-state index is 0. The van der Waals surface area contributed by atoms with Crippen LogP contribution in [0.25, 0.3) is 0 Å². The highest BCUT2D eigenvalue weighted by Gasteiger charge is 2.39. The Morgan fingerprint density at radius 1 is 0.727 bits per heavy atom. The quantitative estimate of drug-likeness (QED) is 0.236. The fraction of sp³-hybridized carbons (Fsp3) is 0.450. The SMILES string of the molecule is CCN(CC)CC[N+](C)=C1C(=CC=C2N(C)c3ccccc3C2(C)C)CCC/C1=C\C=C1\N(C)c2ccccc2C1(C)C.[CH3-]. The molecule has 1 fully saturated rings. The molecule has 44 heavy (non-hydrogen) atoms. The van der Waals surface area contributed by atoms with Crippen molar-refractivity contribution in [3.05, 3.63) is 114 Å². The van der Waals surface area contributed by atoms with Gasteiger partial charge in [-0.25, -0.2) is 4.58 Å². The third-order valence-corrected chi connectivity index (χ3v) is 10.3. The van der Waals surface area contributed by atoms with Gasteiger partial charge >= 0.3 is 0 Å². The van der Waals surface area contributed by atoms with E-state index in [-0.39, 0.29) is 18.3 Å². The molecule has 2 heterocycles. The molecule has 0 radical (unpaired) electrons. The Morgan fingerprint density at radius 2 is 1.16 bits per heavy atom. The zero-order valence-corrected chi connectivity index (χ0v) is 29.2. The topological polar surface area (TPSA) is 12.7 Å². The number of anilines is 2. The van der Waals surface area contributed by atoms with Gasteiger partial charge in [0.05, 0.1) is 6.54 Å². The van der Waals surface area contributed by atoms with Crippen molar-refractivity contribution >= 4 is 17.1 Å². The van der Waals surface area contributed by atoms with Gasteiger partial charge in [-0.1, -0.05) is 90.1 Å². The van der Waals surface area contributed by atoms with Crippen LogP contribution in [0.5, 0.6) is 0 Å². The average molecular weight is 593 g/mol. The summed E-state index contributed by atoms with van der Waals surface area (Å²) in [5.41, 5.74) is 12.4. The first-order valence-electron chi connectivity index (χ1n) is 16.3. The Labute approximate surface area is 268 Å². The molecule has 0 bridgehead atoms. The molecule has 236 valence electrons. The van der Waals surface area contributed by atoms with Gasteiger partial charge in [-0.2, -0.15) is 0 Å². The van der Waals surface area contributed by atoms with E-state index in [2.05, 4.69) is 155 Å². The summed E-state index contributed by atoms with van der Waals surface area (Å²) < 4.78 is 2.53. The molecule has 0 saturated heterocycles. The number of hydrogen-bond acceptors (Lipinski definition) is 3. The molecule has 2 aliphatic heterocycles. The van der Waals surface area contributed by atoms with E-state index >= 15 is 0 Å². The third kappa shape index (κ3) is 5.98. The monoisotopic (exact) mass is 592 g/mol. The summed E-state index contributed by atoms with van der Waals surface area (Å²) in [7, 11) is 6.74. The van der Waals surface area contributed by atoms with Crippen molar-refractivity contribution in [3.8, 4) is 0 Å². The van der Waals surface area contributed by atoms with Crippen LogP contribution in [0, 0.1) is 7.43 Å². The van der Waals surface area contributed by atoms with E-state index in [0.29, 0.717) is 0 Å². The van der Waals surface area contributed by atoms with Crippen LogP contribution in [0.4, 0.5) is 11.4 Å². The number of likely N-dealkylation sites (N-methyl/N-ethyl adjacent to an activating group) is 4. The highest BCUT2D eigenvalue weighted by Crippen LogP contribution is 2.48. The predicted molar refractivity (Wildman–Crippen MR) is 192 cm³/mol. The number of para-hydroxylation sites is 2. The Hall–Kier alpha value is -3.37. The highest BCUT2D eigenvalue weighted by atomic mass is 15.2. The minimum atomic E-state index is -0.0252. The minimum Gasteiger partial charge on any atom is -0.358 e. The summed E-state index contributed by atoms with van der Waals surface area (Å²) in [4.78, 5) is 7.29. The number of hydrogen-bond donors (Lipinski definition) is 0. The van der Waals surface area contributed by atoms with E-state index in [0.717, 1.165) is 39.0 Å². The van der Waals surface area contributed by atoms with E-state index < -0.39 is 0 Å². The van der Waals surface area contributed by atoms with Gasteiger partial charge in [-0.15, -0.1) is 0 Å². The number of benzene rings is 2. The van der Waals surface area contributed by atoms with Crippen molar-refractivity contribution in [1.82, 2.24) is 4.90 Å². The fourth-order valence-electron chi connectivity index (χ4n) is 7.63. The van der Waals surface area contributed by atoms with Crippen molar-refractivity contribution in [2.24, 2.45) is 0 Å². The zero-order chi connectivity index (χ0) is 30.9. The molecule has 0 unspecified atom stereocenters. The van der Waals surface area contributed by atoms with Crippen LogP contribution in [0.3, 0.4) is 0 Å². The summed E-state index contributed by atoms with van der Waals surface area (Å²) in [5, 5.41) is 0. The van der Waals surface area contributed by atoms with Gasteiger partial charge in [0.15, 0.2) is 6.54 Å². The molecular weight excluding hydrogens is 536 g/mol. The smallest absolute Gasteiger partial charge is 0.206 e. The van der Waals surface area contributed by atoms with Gasteiger partial charge < -0.3 is 17.2 Å². The van der Waals surface area contributed by atoms with Crippen LogP contribution in [-0.4, -0.2) is 62.5 Å². The maximum absolute atomic E-state index is 2.53. The highest BCUT2D eigenvalue weighted by molar-refractivity contribution is 6.10. The van der Waals surface area contributed by atoms with Gasteiger partial charge in [0.25, 0.3) is 0 Å². The van der Waals surface area contributed by atoms with Crippen molar-refractivity contribution in [1.29, 1.82) is 0 Å². The Balaban J connectivity index is 0.00000442. The first-order valence-corrected chi connectivity index (χ1v) is 16.3. The predicted octanol–water partition coefficient (Wildman–Crippen LogP) is 8.52. The number of rotatable bonds is 7. The molecule has 5 rings (SSSR count). The molecule has 2 aromatic rings. The zero-order valence-electron chi connectivity index (χ0n) is 29.2. The Bertz CT molecular complexity index is 1410. The molecule has 4 heteroatoms. The van der Waals surface area contributed by atoms with E-state index in [9.17, 15) is 0 Å². The van der Waals surface area contributed by atoms with E-state index in [1.165, 1.54) is 57.2 Å². The maximum atomic E-state index is 2.53. The van der Waals surface area contributed by atoms with Crippen molar-refractivity contribution in [2.75, 3.05) is 57.1 Å². The molecule has 0 spiro atoms. The van der Waals surface area contributed by atoms with E-state index in [1.807, 2.05) is 0 Å². The number of allylic oxidation sites excluding steroid dienone is 8. The van der Waals surface area contributed by atoms with Crippen LogP contribution >= 0.6 is 0 Å². The average Bonchev–Trinajstić information content (AvgIpc) is 3.32. The fourth-order valence-corrected chi connectivity index (χ4v) is 7.63. The number of nitrogens with zero attached hydrogens (tertiary/aromatic N) is 4. The second-order valence-electron chi connectivity index (χ2n) is 13.5. The van der Waals surface area contributed by atoms with Crippen LogP contribution in [0.2, 0.25) is 0 Å². The first-order chi connectivity index (χ1) is 20.5. The first kappa shape index (κ1) is 33.5. The molecule has 1 aliphatic carbocycles. The van der Waals surface area contributed by atoms with Crippen molar-refractivity contribution < 1.29 is 4.58 Å². The van der Waals surface area contributed by atoms with E-state index in [1.54, 1.807) is 0 Å². The Kier molecular flexibility index (Phi) is 10.1. The van der Waals surface area contributed by atoms with Crippen LogP contribution in [0.1, 0.15) is 71.9 Å². The molecule has 0 aromatic heterocycles. The molecule has 1 saturated carbocycles. The number of fused-ring (bicyclic) bond motifs is 2. The molecule has 4 nitrogen and oxygen atoms in total. The summed E-state index contributed by atoms with van der Waals surface area (Å²) >= 11 is 0. The van der Waals surface area contributed by atoms with Crippen molar-refractivity contribution in [2.45, 2.75) is 71.6 Å². The molecule has 0 N–H and O–H groups in total. The van der Waals surface area contributed by atoms with Gasteiger partial charge in [0.2, 0.25) is 5.71 Å². The molecular formula is C40H56N4. The molecule has 0 atom stereocenters. The molecule has 0 amide bonds. The summed E-state index contributed by atoms with van der Waals surface area (Å²) in [5.74, 6) is 0. The van der Waals surface area contributed by atoms with Crippen LogP contribution < -0.4 is 9.80 Å². The van der Waals surface area contributed by atoms with Gasteiger partial charge in [0.1, 0.15) is 7.05 Å². The lowest BCUT2D eigenvalue weighted by Crippen LogP contribution is -2.33. The largest absolute Gasteiger partial charge is 0.358 e. The third-order valence-electron chi connectivity index (χ3n) is 10.3. The van der Waals surface area contributed by atoms with Crippen molar-refractivity contribution in [3.63, 3.8) is 0 Å². The maximum Gasteiger partial charge on any atom is 0.206 e. The lowest BCUT2D eigenvalue weighted by Gasteiger charge is -2.25. The summed E-state index contributed by atoms with van der Waals surface area (Å²) in [6, 6.07) is 17.7. The normalized spacial score (nSPS) is 23.5. The Morgan fingerprint density at radius 3 is 1.57 bits per heavy atom. The summed E-state index contributed by atoms with van der Waals surface area (Å²) in [6.07, 6.45) is 13.1. The standard InChI is InChI=1S/C39H53N4.CH3/c1-10-43(11-2)28-27-40(7)37-29(23-25-35-38(3,4)31-19-12-14-21-33(31)41(35)8)17-16-18-30(37)24-26-36-39(5,6)32-20-13-15-22-34(32)42(36)9;/h12-15,19-26H,10-11,16-18,27-28H2,1-9H3;1H3/q+1;-1. The van der Waals surface area contributed by atoms with Gasteiger partial charge in [-0.3, -0.25) is 4.90 Å². The molecule has 2 aromatic carbocycles. The lowest BCUT2D eigenvalue weighted by atomic mass is 9.82. The second kappa shape index (κ2) is 13.3.